The van der Waals surface area contributed by atoms with Crippen molar-refractivity contribution in [1.82, 2.24) is 5.32 Å². The minimum atomic E-state index is -4.73. The van der Waals surface area contributed by atoms with Crippen LogP contribution in [-0.2, 0) is 6.18 Å². The van der Waals surface area contributed by atoms with Crippen molar-refractivity contribution in [2.24, 2.45) is 0 Å². The first kappa shape index (κ1) is 17.8. The first-order valence-corrected chi connectivity index (χ1v) is 7.32. The zero-order chi connectivity index (χ0) is 16.3. The van der Waals surface area contributed by atoms with E-state index in [1.165, 1.54) is 18.7 Å². The molecule has 21 heavy (non-hydrogen) atoms. The van der Waals surface area contributed by atoms with E-state index in [0.717, 1.165) is 0 Å². The number of benzene rings is 1. The zero-order valence-corrected chi connectivity index (χ0v) is 12.2. The third-order valence-electron chi connectivity index (χ3n) is 2.57. The second kappa shape index (κ2) is 6.65. The maximum Gasteiger partial charge on any atom is 0.416 e. The molecule has 0 aliphatic carbocycles. The number of thioether (sulfide) groups is 1. The molecule has 0 aliphatic heterocycles. The zero-order valence-electron chi connectivity index (χ0n) is 11.4. The highest BCUT2D eigenvalue weighted by Gasteiger charge is 2.32. The highest BCUT2D eigenvalue weighted by atomic mass is 32.2. The smallest absolute Gasteiger partial charge is 0.387 e. The van der Waals surface area contributed by atoms with Gasteiger partial charge in [-0.25, -0.2) is 4.39 Å². The molecule has 0 aliphatic rings. The van der Waals surface area contributed by atoms with Gasteiger partial charge < -0.3 is 10.4 Å². The molecule has 3 nitrogen and oxygen atoms in total. The summed E-state index contributed by atoms with van der Waals surface area (Å²) < 4.78 is 50.8. The molecule has 1 aromatic carbocycles. The lowest BCUT2D eigenvalue weighted by Gasteiger charge is -2.22. The minimum Gasteiger partial charge on any atom is -0.387 e. The average molecular weight is 325 g/mol. The third-order valence-corrected chi connectivity index (χ3v) is 3.48. The van der Waals surface area contributed by atoms with Crippen LogP contribution in [0.5, 0.6) is 0 Å². The fraction of sp³-hybridized carbons (Fsp3) is 0.462. The first-order valence-electron chi connectivity index (χ1n) is 5.92. The van der Waals surface area contributed by atoms with Crippen LogP contribution in [0.25, 0.3) is 0 Å². The number of halogens is 4. The maximum atomic E-state index is 13.2. The summed E-state index contributed by atoms with van der Waals surface area (Å²) in [6.07, 6.45) is -2.97. The monoisotopic (exact) mass is 325 g/mol. The Kier molecular flexibility index (Phi) is 5.63. The Morgan fingerprint density at radius 3 is 2.48 bits per heavy atom. The molecule has 0 heterocycles. The van der Waals surface area contributed by atoms with Crippen molar-refractivity contribution in [3.05, 3.63) is 35.1 Å². The number of alkyl halides is 3. The highest BCUT2D eigenvalue weighted by molar-refractivity contribution is 7.98. The standard InChI is InChI=1S/C13H15F4NO2S/c1-12(20,7-21-2)6-18-11(19)8-3-9(13(15,16)17)5-10(14)4-8/h3-5,20H,6-7H2,1-2H3,(H,18,19). The molecule has 0 radical (unpaired) electrons. The van der Waals surface area contributed by atoms with Crippen LogP contribution in [0.1, 0.15) is 22.8 Å². The van der Waals surface area contributed by atoms with Gasteiger partial charge in [0.05, 0.1) is 11.2 Å². The summed E-state index contributed by atoms with van der Waals surface area (Å²) in [4.78, 5) is 11.8. The molecule has 2 N–H and O–H groups in total. The van der Waals surface area contributed by atoms with Crippen molar-refractivity contribution in [1.29, 1.82) is 0 Å². The van der Waals surface area contributed by atoms with Crippen molar-refractivity contribution in [2.45, 2.75) is 18.7 Å². The summed E-state index contributed by atoms with van der Waals surface area (Å²) in [5, 5.41) is 12.2. The van der Waals surface area contributed by atoms with Crippen LogP contribution in [0.3, 0.4) is 0 Å². The van der Waals surface area contributed by atoms with E-state index < -0.39 is 34.6 Å². The van der Waals surface area contributed by atoms with Gasteiger partial charge in [0, 0.05) is 17.9 Å². The molecule has 1 rings (SSSR count). The number of carbonyl (C=O) groups excluding carboxylic acids is 1. The molecule has 0 bridgehead atoms. The molecule has 0 fully saturated rings. The molecule has 0 spiro atoms. The molecule has 1 amide bonds. The van der Waals surface area contributed by atoms with E-state index in [1.807, 2.05) is 0 Å². The number of rotatable bonds is 5. The lowest BCUT2D eigenvalue weighted by molar-refractivity contribution is -0.137. The van der Waals surface area contributed by atoms with Crippen LogP contribution in [0.2, 0.25) is 0 Å². The third kappa shape index (κ3) is 5.55. The summed E-state index contributed by atoms with van der Waals surface area (Å²) >= 11 is 1.35. The fourth-order valence-corrected chi connectivity index (χ4v) is 2.34. The van der Waals surface area contributed by atoms with Crippen LogP contribution in [0.15, 0.2) is 18.2 Å². The van der Waals surface area contributed by atoms with Crippen LogP contribution in [0, 0.1) is 5.82 Å². The minimum absolute atomic E-state index is 0.148. The molecule has 0 saturated heterocycles. The quantitative estimate of drug-likeness (QED) is 0.819. The number of amides is 1. The molecular weight excluding hydrogens is 310 g/mol. The molecule has 1 atom stereocenters. The molecule has 0 saturated carbocycles. The average Bonchev–Trinajstić information content (AvgIpc) is 2.34. The fourth-order valence-electron chi connectivity index (χ4n) is 1.62. The summed E-state index contributed by atoms with van der Waals surface area (Å²) in [5.41, 5.74) is -2.87. The number of hydrogen-bond donors (Lipinski definition) is 2. The van der Waals surface area contributed by atoms with Crippen molar-refractivity contribution in [3.63, 3.8) is 0 Å². The summed E-state index contributed by atoms with van der Waals surface area (Å²) in [6, 6.07) is 1.61. The van der Waals surface area contributed by atoms with Gasteiger partial charge in [0.25, 0.3) is 5.91 Å². The van der Waals surface area contributed by atoms with Gasteiger partial charge in [0.1, 0.15) is 5.82 Å². The van der Waals surface area contributed by atoms with Crippen LogP contribution in [-0.4, -0.2) is 35.2 Å². The number of aliphatic hydroxyl groups is 1. The van der Waals surface area contributed by atoms with Crippen molar-refractivity contribution in [3.8, 4) is 0 Å². The predicted octanol–water partition coefficient (Wildman–Crippen LogP) is 2.69. The first-order chi connectivity index (χ1) is 9.55. The maximum absolute atomic E-state index is 13.2. The Morgan fingerprint density at radius 2 is 1.95 bits per heavy atom. The van der Waals surface area contributed by atoms with Gasteiger partial charge in [-0.2, -0.15) is 24.9 Å². The van der Waals surface area contributed by atoms with Gasteiger partial charge in [-0.05, 0) is 31.4 Å². The Balaban J connectivity index is 2.86. The second-order valence-electron chi connectivity index (χ2n) is 4.84. The summed E-state index contributed by atoms with van der Waals surface area (Å²) in [6.45, 7) is 1.33. The second-order valence-corrected chi connectivity index (χ2v) is 5.70. The largest absolute Gasteiger partial charge is 0.416 e. The van der Waals surface area contributed by atoms with Crippen molar-refractivity contribution < 1.29 is 27.5 Å². The summed E-state index contributed by atoms with van der Waals surface area (Å²) in [5.74, 6) is -1.68. The van der Waals surface area contributed by atoms with Gasteiger partial charge in [-0.15, -0.1) is 0 Å². The van der Waals surface area contributed by atoms with Gasteiger partial charge in [-0.3, -0.25) is 4.79 Å². The van der Waals surface area contributed by atoms with Crippen molar-refractivity contribution >= 4 is 17.7 Å². The normalized spacial score (nSPS) is 14.6. The van der Waals surface area contributed by atoms with E-state index in [0.29, 0.717) is 24.0 Å². The topological polar surface area (TPSA) is 49.3 Å². The predicted molar refractivity (Wildman–Crippen MR) is 72.7 cm³/mol. The Labute approximate surface area is 123 Å². The van der Waals surface area contributed by atoms with Gasteiger partial charge >= 0.3 is 6.18 Å². The number of hydrogen-bond acceptors (Lipinski definition) is 3. The van der Waals surface area contributed by atoms with E-state index >= 15 is 0 Å². The number of nitrogens with one attached hydrogen (secondary N) is 1. The lowest BCUT2D eigenvalue weighted by atomic mass is 10.1. The number of carbonyl (C=O) groups is 1. The molecular formula is C13H15F4NO2S. The SMILES string of the molecule is CSCC(C)(O)CNC(=O)c1cc(F)cc(C(F)(F)F)c1. The Morgan fingerprint density at radius 1 is 1.33 bits per heavy atom. The van der Waals surface area contributed by atoms with Gasteiger partial charge in [0.2, 0.25) is 0 Å². The molecule has 1 aromatic rings. The van der Waals surface area contributed by atoms with E-state index in [9.17, 15) is 27.5 Å². The van der Waals surface area contributed by atoms with Crippen LogP contribution in [0.4, 0.5) is 17.6 Å². The van der Waals surface area contributed by atoms with E-state index in [1.54, 1.807) is 6.26 Å². The highest BCUT2D eigenvalue weighted by Crippen LogP contribution is 2.30. The molecule has 118 valence electrons. The lowest BCUT2D eigenvalue weighted by Crippen LogP contribution is -2.42. The van der Waals surface area contributed by atoms with Gasteiger partial charge in [-0.1, -0.05) is 0 Å². The Hall–Kier alpha value is -1.28. The van der Waals surface area contributed by atoms with E-state index in [4.69, 9.17) is 0 Å². The molecule has 0 aromatic heterocycles. The van der Waals surface area contributed by atoms with Crippen molar-refractivity contribution in [2.75, 3.05) is 18.6 Å². The van der Waals surface area contributed by atoms with E-state index in [2.05, 4.69) is 5.32 Å². The summed E-state index contributed by atoms with van der Waals surface area (Å²) in [7, 11) is 0. The van der Waals surface area contributed by atoms with E-state index in [-0.39, 0.29) is 6.54 Å². The van der Waals surface area contributed by atoms with Crippen LogP contribution >= 0.6 is 11.8 Å². The molecule has 1 unspecified atom stereocenters. The molecule has 8 heteroatoms. The van der Waals surface area contributed by atoms with Gasteiger partial charge in [0.15, 0.2) is 0 Å². The van der Waals surface area contributed by atoms with Crippen LogP contribution < -0.4 is 5.32 Å². The Bertz CT molecular complexity index is 517.